The van der Waals surface area contributed by atoms with Gasteiger partial charge in [0.25, 0.3) is 0 Å². The van der Waals surface area contributed by atoms with E-state index in [4.69, 9.17) is 0 Å². The van der Waals surface area contributed by atoms with Crippen LogP contribution in [-0.4, -0.2) is 12.5 Å². The first-order valence-corrected chi connectivity index (χ1v) is 9.59. The van der Waals surface area contributed by atoms with Crippen molar-refractivity contribution in [2.45, 2.75) is 44.6 Å². The van der Waals surface area contributed by atoms with E-state index in [0.29, 0.717) is 24.6 Å². The Morgan fingerprint density at radius 2 is 1.78 bits per heavy atom. The summed E-state index contributed by atoms with van der Waals surface area (Å²) >= 11 is 0. The van der Waals surface area contributed by atoms with Gasteiger partial charge in [0.15, 0.2) is 0 Å². The number of carbonyl (C=O) groups is 1. The normalized spacial score (nSPS) is 21.7. The lowest BCUT2D eigenvalue weighted by atomic mass is 9.78. The molecule has 2 aromatic carbocycles. The maximum absolute atomic E-state index is 14.7. The average Bonchev–Trinajstić information content (AvgIpc) is 2.71. The van der Waals surface area contributed by atoms with E-state index >= 15 is 0 Å². The Bertz CT molecular complexity index is 788. The van der Waals surface area contributed by atoms with Crippen LogP contribution in [0, 0.1) is 11.7 Å². The van der Waals surface area contributed by atoms with Gasteiger partial charge in [-0.2, -0.15) is 0 Å². The molecule has 2 N–H and O–H groups in total. The summed E-state index contributed by atoms with van der Waals surface area (Å²) in [4.78, 5) is 12.6. The molecule has 2 aromatic rings. The third-order valence-electron chi connectivity index (χ3n) is 5.83. The Morgan fingerprint density at radius 1 is 1.04 bits per heavy atom. The van der Waals surface area contributed by atoms with E-state index < -0.39 is 0 Å². The van der Waals surface area contributed by atoms with Crippen molar-refractivity contribution < 1.29 is 9.18 Å². The summed E-state index contributed by atoms with van der Waals surface area (Å²) in [6.07, 6.45) is 4.43. The molecule has 1 aliphatic carbocycles. The number of hydrogen-bond donors (Lipinski definition) is 2. The summed E-state index contributed by atoms with van der Waals surface area (Å²) in [5, 5.41) is 6.09. The number of benzene rings is 2. The largest absolute Gasteiger partial charge is 0.323 e. The molecule has 1 heterocycles. The number of halogens is 2. The summed E-state index contributed by atoms with van der Waals surface area (Å²) in [7, 11) is 0. The summed E-state index contributed by atoms with van der Waals surface area (Å²) in [6.45, 7) is 1.48. The van der Waals surface area contributed by atoms with Gasteiger partial charge in [0, 0.05) is 12.5 Å². The van der Waals surface area contributed by atoms with Crippen LogP contribution < -0.4 is 10.6 Å². The lowest BCUT2D eigenvalue weighted by molar-refractivity contribution is -0.120. The first-order valence-electron chi connectivity index (χ1n) is 9.59. The summed E-state index contributed by atoms with van der Waals surface area (Å²) in [6, 6.07) is 14.1. The maximum Gasteiger partial charge on any atom is 0.227 e. The van der Waals surface area contributed by atoms with Gasteiger partial charge in [0.1, 0.15) is 5.82 Å². The molecule has 0 atom stereocenters. The Hall–Kier alpha value is -1.91. The van der Waals surface area contributed by atoms with Gasteiger partial charge in [-0.05, 0) is 67.3 Å². The SMILES string of the molecule is Cl.O=C(Nc1ccc2c(c1F)CCNC2)C1CCC(c2ccccc2)CC1. The highest BCUT2D eigenvalue weighted by molar-refractivity contribution is 5.92. The lowest BCUT2D eigenvalue weighted by Crippen LogP contribution is -2.28. The zero-order chi connectivity index (χ0) is 17.9. The topological polar surface area (TPSA) is 41.1 Å². The van der Waals surface area contributed by atoms with Crippen molar-refractivity contribution in [3.8, 4) is 0 Å². The zero-order valence-corrected chi connectivity index (χ0v) is 16.2. The van der Waals surface area contributed by atoms with Gasteiger partial charge in [-0.25, -0.2) is 4.39 Å². The van der Waals surface area contributed by atoms with Gasteiger partial charge in [-0.15, -0.1) is 12.4 Å². The van der Waals surface area contributed by atoms with Crippen molar-refractivity contribution in [3.63, 3.8) is 0 Å². The molecule has 1 amide bonds. The molecule has 0 saturated heterocycles. The van der Waals surface area contributed by atoms with E-state index in [1.165, 1.54) is 5.56 Å². The Kier molecular flexibility index (Phi) is 6.51. The van der Waals surface area contributed by atoms with Crippen LogP contribution in [0.25, 0.3) is 0 Å². The van der Waals surface area contributed by atoms with E-state index in [9.17, 15) is 9.18 Å². The second-order valence-electron chi connectivity index (χ2n) is 7.44. The first-order chi connectivity index (χ1) is 12.7. The number of anilines is 1. The average molecular weight is 389 g/mol. The van der Waals surface area contributed by atoms with Crippen molar-refractivity contribution in [1.82, 2.24) is 5.32 Å². The molecule has 0 unspecified atom stereocenters. The van der Waals surface area contributed by atoms with E-state index in [-0.39, 0.29) is 30.0 Å². The second kappa shape index (κ2) is 8.85. The predicted octanol–water partition coefficient (Wildman–Crippen LogP) is 4.81. The minimum atomic E-state index is -0.254. The van der Waals surface area contributed by atoms with E-state index in [1.54, 1.807) is 6.07 Å². The standard InChI is InChI=1S/C22H25FN2O.ClH/c23-21-19-12-13-24-14-18(19)10-11-20(21)25-22(26)17-8-6-16(7-9-17)15-4-2-1-3-5-15;/h1-5,10-11,16-17,24H,6-9,12-14H2,(H,25,26);1H. The van der Waals surface area contributed by atoms with Gasteiger partial charge < -0.3 is 10.6 Å². The van der Waals surface area contributed by atoms with Crippen molar-refractivity contribution >= 4 is 24.0 Å². The minimum absolute atomic E-state index is 0. The highest BCUT2D eigenvalue weighted by atomic mass is 35.5. The molecule has 27 heavy (non-hydrogen) atoms. The number of amides is 1. The molecule has 3 nitrogen and oxygen atoms in total. The predicted molar refractivity (Wildman–Crippen MR) is 109 cm³/mol. The molecule has 144 valence electrons. The molecule has 0 bridgehead atoms. The number of fused-ring (bicyclic) bond motifs is 1. The molecule has 4 rings (SSSR count). The molecule has 1 saturated carbocycles. The Labute approximate surface area is 166 Å². The molecule has 1 fully saturated rings. The highest BCUT2D eigenvalue weighted by Crippen LogP contribution is 2.36. The van der Waals surface area contributed by atoms with E-state index in [2.05, 4.69) is 34.9 Å². The summed E-state index contributed by atoms with van der Waals surface area (Å²) in [5.41, 5.74) is 3.44. The van der Waals surface area contributed by atoms with Crippen LogP contribution >= 0.6 is 12.4 Å². The highest BCUT2D eigenvalue weighted by Gasteiger charge is 2.28. The number of rotatable bonds is 3. The van der Waals surface area contributed by atoms with Crippen LogP contribution in [-0.2, 0) is 17.8 Å². The third-order valence-corrected chi connectivity index (χ3v) is 5.83. The quantitative estimate of drug-likeness (QED) is 0.792. The van der Waals surface area contributed by atoms with Crippen LogP contribution in [0.3, 0.4) is 0 Å². The molecule has 0 aromatic heterocycles. The lowest BCUT2D eigenvalue weighted by Gasteiger charge is -2.28. The molecule has 5 heteroatoms. The summed E-state index contributed by atoms with van der Waals surface area (Å²) in [5.74, 6) is 0.222. The molecular formula is C22H26ClFN2O. The van der Waals surface area contributed by atoms with Crippen molar-refractivity contribution in [2.24, 2.45) is 5.92 Å². The van der Waals surface area contributed by atoms with Gasteiger partial charge in [-0.1, -0.05) is 36.4 Å². The molecule has 1 aliphatic heterocycles. The van der Waals surface area contributed by atoms with Gasteiger partial charge >= 0.3 is 0 Å². The monoisotopic (exact) mass is 388 g/mol. The van der Waals surface area contributed by atoms with Crippen LogP contribution in [0.15, 0.2) is 42.5 Å². The smallest absolute Gasteiger partial charge is 0.227 e. The zero-order valence-electron chi connectivity index (χ0n) is 15.3. The number of hydrogen-bond acceptors (Lipinski definition) is 2. The molecule has 0 radical (unpaired) electrons. The second-order valence-corrected chi connectivity index (χ2v) is 7.44. The Balaban J connectivity index is 0.00000210. The van der Waals surface area contributed by atoms with Gasteiger partial charge in [0.05, 0.1) is 5.69 Å². The third kappa shape index (κ3) is 4.33. The van der Waals surface area contributed by atoms with Crippen molar-refractivity contribution in [1.29, 1.82) is 0 Å². The molecule has 2 aliphatic rings. The Morgan fingerprint density at radius 3 is 2.52 bits per heavy atom. The van der Waals surface area contributed by atoms with Crippen LogP contribution in [0.5, 0.6) is 0 Å². The first kappa shape index (κ1) is 19.8. The summed E-state index contributed by atoms with van der Waals surface area (Å²) < 4.78 is 14.7. The number of nitrogens with one attached hydrogen (secondary N) is 2. The van der Waals surface area contributed by atoms with Gasteiger partial charge in [-0.3, -0.25) is 4.79 Å². The maximum atomic E-state index is 14.7. The fourth-order valence-electron chi connectivity index (χ4n) is 4.28. The molecular weight excluding hydrogens is 363 g/mol. The number of carbonyl (C=O) groups excluding carboxylic acids is 1. The van der Waals surface area contributed by atoms with Gasteiger partial charge in [0.2, 0.25) is 5.91 Å². The van der Waals surface area contributed by atoms with E-state index in [1.807, 2.05) is 12.1 Å². The van der Waals surface area contributed by atoms with Crippen molar-refractivity contribution in [2.75, 3.05) is 11.9 Å². The fraction of sp³-hybridized carbons (Fsp3) is 0.409. The van der Waals surface area contributed by atoms with Crippen LogP contribution in [0.2, 0.25) is 0 Å². The van der Waals surface area contributed by atoms with Crippen molar-refractivity contribution in [3.05, 3.63) is 65.0 Å². The molecule has 0 spiro atoms. The van der Waals surface area contributed by atoms with Crippen LogP contribution in [0.4, 0.5) is 10.1 Å². The fourth-order valence-corrected chi connectivity index (χ4v) is 4.28. The van der Waals surface area contributed by atoms with Crippen LogP contribution in [0.1, 0.15) is 48.3 Å². The van der Waals surface area contributed by atoms with E-state index in [0.717, 1.165) is 43.4 Å². The minimum Gasteiger partial charge on any atom is -0.323 e.